The molecule has 16 heavy (non-hydrogen) atoms. The van der Waals surface area contributed by atoms with Crippen LogP contribution >= 0.6 is 0 Å². The number of nitrogens with zero attached hydrogens (tertiary/aromatic N) is 1. The van der Waals surface area contributed by atoms with E-state index in [0.717, 1.165) is 19.3 Å². The standard InChI is InChI=1S/C12H19NO3/c1-3-12(4-5-12)11(16)13-6-8(2)9(7-13)10(14)15/h8-9H,3-7H2,1-2H3,(H,14,15)/t8-,9-/m1/s1. The number of carboxylic acids is 1. The van der Waals surface area contributed by atoms with Crippen LogP contribution in [0.1, 0.15) is 33.1 Å². The van der Waals surface area contributed by atoms with Gasteiger partial charge in [-0.25, -0.2) is 0 Å². The lowest BCUT2D eigenvalue weighted by Crippen LogP contribution is -2.36. The minimum atomic E-state index is -0.774. The van der Waals surface area contributed by atoms with E-state index in [2.05, 4.69) is 0 Å². The number of carbonyl (C=O) groups excluding carboxylic acids is 1. The van der Waals surface area contributed by atoms with Crippen molar-refractivity contribution < 1.29 is 14.7 Å². The molecule has 1 aliphatic heterocycles. The fourth-order valence-electron chi connectivity index (χ4n) is 2.66. The number of likely N-dealkylation sites (tertiary alicyclic amines) is 1. The molecular weight excluding hydrogens is 206 g/mol. The highest BCUT2D eigenvalue weighted by Gasteiger charge is 2.52. The van der Waals surface area contributed by atoms with Crippen LogP contribution in [0.15, 0.2) is 0 Å². The van der Waals surface area contributed by atoms with E-state index in [1.54, 1.807) is 4.90 Å². The van der Waals surface area contributed by atoms with Gasteiger partial charge in [0.25, 0.3) is 0 Å². The number of amides is 1. The molecule has 2 fully saturated rings. The quantitative estimate of drug-likeness (QED) is 0.789. The van der Waals surface area contributed by atoms with E-state index in [9.17, 15) is 9.59 Å². The molecule has 4 nitrogen and oxygen atoms in total. The van der Waals surface area contributed by atoms with Crippen molar-refractivity contribution in [2.24, 2.45) is 17.3 Å². The maximum Gasteiger partial charge on any atom is 0.308 e. The molecule has 4 heteroatoms. The molecule has 0 bridgehead atoms. The van der Waals surface area contributed by atoms with Crippen molar-refractivity contribution in [2.75, 3.05) is 13.1 Å². The van der Waals surface area contributed by atoms with Crippen molar-refractivity contribution in [1.82, 2.24) is 4.90 Å². The van der Waals surface area contributed by atoms with E-state index in [0.29, 0.717) is 13.1 Å². The van der Waals surface area contributed by atoms with Crippen LogP contribution in [0, 0.1) is 17.3 Å². The summed E-state index contributed by atoms with van der Waals surface area (Å²) in [7, 11) is 0. The topological polar surface area (TPSA) is 57.6 Å². The molecule has 0 aromatic rings. The second-order valence-electron chi connectivity index (χ2n) is 5.27. The van der Waals surface area contributed by atoms with Gasteiger partial charge >= 0.3 is 5.97 Å². The number of aliphatic carboxylic acids is 1. The second-order valence-corrected chi connectivity index (χ2v) is 5.27. The molecule has 1 saturated carbocycles. The van der Waals surface area contributed by atoms with E-state index >= 15 is 0 Å². The molecule has 1 heterocycles. The maximum atomic E-state index is 12.2. The lowest BCUT2D eigenvalue weighted by Gasteiger charge is -2.21. The summed E-state index contributed by atoms with van der Waals surface area (Å²) in [5, 5.41) is 9.02. The van der Waals surface area contributed by atoms with Crippen LogP contribution in [0.5, 0.6) is 0 Å². The largest absolute Gasteiger partial charge is 0.481 e. The molecule has 2 aliphatic rings. The average molecular weight is 225 g/mol. The van der Waals surface area contributed by atoms with E-state index in [4.69, 9.17) is 5.11 Å². The molecule has 1 N–H and O–H groups in total. The fraction of sp³-hybridized carbons (Fsp3) is 0.833. The van der Waals surface area contributed by atoms with Crippen LogP contribution in [0.2, 0.25) is 0 Å². The Balaban J connectivity index is 2.03. The summed E-state index contributed by atoms with van der Waals surface area (Å²) in [4.78, 5) is 24.9. The third kappa shape index (κ3) is 1.70. The molecule has 0 aromatic heterocycles. The van der Waals surface area contributed by atoms with Crippen LogP contribution < -0.4 is 0 Å². The number of hydrogen-bond acceptors (Lipinski definition) is 2. The highest BCUT2D eigenvalue weighted by Crippen LogP contribution is 2.50. The predicted molar refractivity (Wildman–Crippen MR) is 58.8 cm³/mol. The minimum Gasteiger partial charge on any atom is -0.481 e. The summed E-state index contributed by atoms with van der Waals surface area (Å²) >= 11 is 0. The monoisotopic (exact) mass is 225 g/mol. The van der Waals surface area contributed by atoms with E-state index in [-0.39, 0.29) is 23.2 Å². The van der Waals surface area contributed by atoms with Gasteiger partial charge in [0.1, 0.15) is 0 Å². The van der Waals surface area contributed by atoms with Crippen molar-refractivity contribution in [3.8, 4) is 0 Å². The van der Waals surface area contributed by atoms with Crippen molar-refractivity contribution in [1.29, 1.82) is 0 Å². The van der Waals surface area contributed by atoms with Gasteiger partial charge in [0, 0.05) is 18.5 Å². The first-order valence-electron chi connectivity index (χ1n) is 6.02. The third-order valence-electron chi connectivity index (χ3n) is 4.20. The minimum absolute atomic E-state index is 0.0779. The van der Waals surface area contributed by atoms with Gasteiger partial charge in [-0.05, 0) is 25.2 Å². The Labute approximate surface area is 95.6 Å². The Morgan fingerprint density at radius 2 is 2.00 bits per heavy atom. The first-order chi connectivity index (χ1) is 7.50. The maximum absolute atomic E-state index is 12.2. The molecule has 1 saturated heterocycles. The summed E-state index contributed by atoms with van der Waals surface area (Å²) in [6.07, 6.45) is 2.84. The average Bonchev–Trinajstić information content (AvgIpc) is 2.95. The highest BCUT2D eigenvalue weighted by molar-refractivity contribution is 5.86. The van der Waals surface area contributed by atoms with Crippen LogP contribution in [0.25, 0.3) is 0 Å². The summed E-state index contributed by atoms with van der Waals surface area (Å²) < 4.78 is 0. The van der Waals surface area contributed by atoms with Crippen LogP contribution in [0.4, 0.5) is 0 Å². The number of carboxylic acid groups (broad SMARTS) is 1. The second kappa shape index (κ2) is 3.75. The summed E-state index contributed by atoms with van der Waals surface area (Å²) in [6.45, 7) is 4.96. The molecule has 0 unspecified atom stereocenters. The van der Waals surface area contributed by atoms with Gasteiger partial charge in [0.05, 0.1) is 5.92 Å². The Morgan fingerprint density at radius 3 is 2.38 bits per heavy atom. The first-order valence-corrected chi connectivity index (χ1v) is 6.02. The predicted octanol–water partition coefficient (Wildman–Crippen LogP) is 1.36. The van der Waals surface area contributed by atoms with Crippen LogP contribution in [-0.4, -0.2) is 35.0 Å². The molecule has 0 aromatic carbocycles. The molecule has 2 atom stereocenters. The van der Waals surface area contributed by atoms with Gasteiger partial charge in [-0.15, -0.1) is 0 Å². The zero-order valence-corrected chi connectivity index (χ0v) is 9.90. The zero-order chi connectivity index (χ0) is 11.9. The van der Waals surface area contributed by atoms with Gasteiger partial charge in [-0.3, -0.25) is 9.59 Å². The van der Waals surface area contributed by atoms with E-state index < -0.39 is 5.97 Å². The first kappa shape index (κ1) is 11.4. The molecule has 1 aliphatic carbocycles. The summed E-state index contributed by atoms with van der Waals surface area (Å²) in [5.74, 6) is -0.888. The van der Waals surface area contributed by atoms with Gasteiger partial charge in [-0.1, -0.05) is 13.8 Å². The Morgan fingerprint density at radius 1 is 1.38 bits per heavy atom. The fourth-order valence-corrected chi connectivity index (χ4v) is 2.66. The van der Waals surface area contributed by atoms with Crippen molar-refractivity contribution >= 4 is 11.9 Å². The van der Waals surface area contributed by atoms with Gasteiger partial charge in [0.2, 0.25) is 5.91 Å². The lowest BCUT2D eigenvalue weighted by atomic mass is 9.99. The molecule has 90 valence electrons. The van der Waals surface area contributed by atoms with Crippen LogP contribution in [0.3, 0.4) is 0 Å². The SMILES string of the molecule is CCC1(C(=O)N2C[C@@H](C)[C@H](C(=O)O)C2)CC1. The lowest BCUT2D eigenvalue weighted by molar-refractivity contribution is -0.142. The molecule has 0 spiro atoms. The number of rotatable bonds is 3. The highest BCUT2D eigenvalue weighted by atomic mass is 16.4. The van der Waals surface area contributed by atoms with Gasteiger partial charge in [0.15, 0.2) is 0 Å². The Kier molecular flexibility index (Phi) is 2.68. The van der Waals surface area contributed by atoms with Gasteiger partial charge < -0.3 is 10.0 Å². The van der Waals surface area contributed by atoms with Crippen LogP contribution in [-0.2, 0) is 9.59 Å². The molecule has 1 amide bonds. The van der Waals surface area contributed by atoms with E-state index in [1.165, 1.54) is 0 Å². The number of hydrogen-bond donors (Lipinski definition) is 1. The normalized spacial score (nSPS) is 31.5. The molecule has 2 rings (SSSR count). The van der Waals surface area contributed by atoms with E-state index in [1.807, 2.05) is 13.8 Å². The van der Waals surface area contributed by atoms with Crippen molar-refractivity contribution in [3.05, 3.63) is 0 Å². The smallest absolute Gasteiger partial charge is 0.308 e. The molecular formula is C12H19NO3. The third-order valence-corrected chi connectivity index (χ3v) is 4.20. The Bertz CT molecular complexity index is 322. The summed E-state index contributed by atoms with van der Waals surface area (Å²) in [6, 6.07) is 0. The Hall–Kier alpha value is -1.06. The molecule has 0 radical (unpaired) electrons. The van der Waals surface area contributed by atoms with Gasteiger partial charge in [-0.2, -0.15) is 0 Å². The number of carbonyl (C=O) groups is 2. The van der Waals surface area contributed by atoms with Crippen molar-refractivity contribution in [3.63, 3.8) is 0 Å². The van der Waals surface area contributed by atoms with Crippen molar-refractivity contribution in [2.45, 2.75) is 33.1 Å². The zero-order valence-electron chi connectivity index (χ0n) is 9.90. The summed E-state index contributed by atoms with van der Waals surface area (Å²) in [5.41, 5.74) is -0.132.